The normalized spacial score (nSPS) is 10.9. The maximum Gasteiger partial charge on any atom is 0.0426 e. The molecular formula is C15H14Cl2. The van der Waals surface area contributed by atoms with Crippen LogP contribution in [-0.2, 0) is 0 Å². The standard InChI is InChI=1S/C15H14Cl2/c1-10(2)11-3-5-12(6-4-11)13-7-14(16)9-15(17)8-13/h3-10H,1-2H3. The van der Waals surface area contributed by atoms with Crippen molar-refractivity contribution in [2.24, 2.45) is 0 Å². The van der Waals surface area contributed by atoms with E-state index in [2.05, 4.69) is 38.1 Å². The molecule has 2 aromatic rings. The van der Waals surface area contributed by atoms with Gasteiger partial charge in [-0.25, -0.2) is 0 Å². The van der Waals surface area contributed by atoms with E-state index in [0.717, 1.165) is 11.1 Å². The van der Waals surface area contributed by atoms with E-state index >= 15 is 0 Å². The smallest absolute Gasteiger partial charge is 0.0426 e. The monoisotopic (exact) mass is 264 g/mol. The zero-order valence-electron chi connectivity index (χ0n) is 9.87. The van der Waals surface area contributed by atoms with Crippen molar-refractivity contribution in [3.8, 4) is 11.1 Å². The molecule has 0 nitrogen and oxygen atoms in total. The third-order valence-corrected chi connectivity index (χ3v) is 3.21. The molecular weight excluding hydrogens is 251 g/mol. The molecule has 17 heavy (non-hydrogen) atoms. The van der Waals surface area contributed by atoms with Gasteiger partial charge in [-0.15, -0.1) is 0 Å². The molecule has 0 spiro atoms. The van der Waals surface area contributed by atoms with E-state index in [1.54, 1.807) is 6.07 Å². The van der Waals surface area contributed by atoms with Crippen LogP contribution in [0.25, 0.3) is 11.1 Å². The van der Waals surface area contributed by atoms with Gasteiger partial charge in [0, 0.05) is 10.0 Å². The van der Waals surface area contributed by atoms with Gasteiger partial charge in [-0.2, -0.15) is 0 Å². The third kappa shape index (κ3) is 3.02. The van der Waals surface area contributed by atoms with Crippen LogP contribution in [0.4, 0.5) is 0 Å². The summed E-state index contributed by atoms with van der Waals surface area (Å²) in [5, 5.41) is 1.33. The van der Waals surface area contributed by atoms with Crippen LogP contribution < -0.4 is 0 Å². The lowest BCUT2D eigenvalue weighted by Gasteiger charge is -2.07. The molecule has 0 unspecified atom stereocenters. The van der Waals surface area contributed by atoms with Crippen LogP contribution >= 0.6 is 23.2 Å². The maximum absolute atomic E-state index is 6.00. The molecule has 2 heteroatoms. The van der Waals surface area contributed by atoms with Gasteiger partial charge in [0.15, 0.2) is 0 Å². The molecule has 0 aliphatic rings. The van der Waals surface area contributed by atoms with Crippen LogP contribution in [0, 0.1) is 0 Å². The van der Waals surface area contributed by atoms with Crippen molar-refractivity contribution >= 4 is 23.2 Å². The van der Waals surface area contributed by atoms with Crippen LogP contribution in [-0.4, -0.2) is 0 Å². The average molecular weight is 265 g/mol. The third-order valence-electron chi connectivity index (χ3n) is 2.77. The van der Waals surface area contributed by atoms with Gasteiger partial charge in [0.05, 0.1) is 0 Å². The average Bonchev–Trinajstić information content (AvgIpc) is 2.28. The Kier molecular flexibility index (Phi) is 3.76. The zero-order chi connectivity index (χ0) is 12.4. The summed E-state index contributed by atoms with van der Waals surface area (Å²) in [7, 11) is 0. The Labute approximate surface area is 112 Å². The second-order valence-electron chi connectivity index (χ2n) is 4.43. The lowest BCUT2D eigenvalue weighted by atomic mass is 9.99. The van der Waals surface area contributed by atoms with E-state index in [1.165, 1.54) is 5.56 Å². The number of hydrogen-bond donors (Lipinski definition) is 0. The van der Waals surface area contributed by atoms with Gasteiger partial charge in [0.25, 0.3) is 0 Å². The molecule has 2 rings (SSSR count). The lowest BCUT2D eigenvalue weighted by Crippen LogP contribution is -1.86. The summed E-state index contributed by atoms with van der Waals surface area (Å²) in [5.41, 5.74) is 3.53. The van der Waals surface area contributed by atoms with Gasteiger partial charge in [-0.3, -0.25) is 0 Å². The predicted octanol–water partition coefficient (Wildman–Crippen LogP) is 5.78. The van der Waals surface area contributed by atoms with Gasteiger partial charge in [-0.05, 0) is 40.8 Å². The van der Waals surface area contributed by atoms with Crippen LogP contribution in [0.15, 0.2) is 42.5 Å². The molecule has 88 valence electrons. The Balaban J connectivity index is 2.39. The molecule has 0 bridgehead atoms. The summed E-state index contributed by atoms with van der Waals surface area (Å²) < 4.78 is 0. The van der Waals surface area contributed by atoms with E-state index in [4.69, 9.17) is 23.2 Å². The Morgan fingerprint density at radius 1 is 0.765 bits per heavy atom. The van der Waals surface area contributed by atoms with E-state index in [-0.39, 0.29) is 0 Å². The van der Waals surface area contributed by atoms with Crippen molar-refractivity contribution in [1.29, 1.82) is 0 Å². The highest BCUT2D eigenvalue weighted by molar-refractivity contribution is 6.35. The van der Waals surface area contributed by atoms with E-state index in [1.807, 2.05) is 12.1 Å². The van der Waals surface area contributed by atoms with Crippen LogP contribution in [0.3, 0.4) is 0 Å². The first-order valence-electron chi connectivity index (χ1n) is 5.62. The maximum atomic E-state index is 6.00. The fourth-order valence-electron chi connectivity index (χ4n) is 1.78. The highest BCUT2D eigenvalue weighted by Gasteiger charge is 2.03. The predicted molar refractivity (Wildman–Crippen MR) is 76.0 cm³/mol. The topological polar surface area (TPSA) is 0 Å². The minimum absolute atomic E-state index is 0.548. The summed E-state index contributed by atoms with van der Waals surface area (Å²) in [5.74, 6) is 0.548. The van der Waals surface area contributed by atoms with Gasteiger partial charge in [0.1, 0.15) is 0 Å². The van der Waals surface area contributed by atoms with Crippen molar-refractivity contribution in [2.45, 2.75) is 19.8 Å². The molecule has 0 heterocycles. The van der Waals surface area contributed by atoms with Gasteiger partial charge >= 0.3 is 0 Å². The van der Waals surface area contributed by atoms with Crippen molar-refractivity contribution in [1.82, 2.24) is 0 Å². The zero-order valence-corrected chi connectivity index (χ0v) is 11.4. The summed E-state index contributed by atoms with van der Waals surface area (Å²) >= 11 is 12.0. The van der Waals surface area contributed by atoms with Crippen LogP contribution in [0.1, 0.15) is 25.3 Å². The minimum Gasteiger partial charge on any atom is -0.0843 e. The van der Waals surface area contributed by atoms with Crippen LogP contribution in [0.5, 0.6) is 0 Å². The summed E-state index contributed by atoms with van der Waals surface area (Å²) in [4.78, 5) is 0. The summed E-state index contributed by atoms with van der Waals surface area (Å²) in [6.07, 6.45) is 0. The van der Waals surface area contributed by atoms with Crippen molar-refractivity contribution in [3.05, 3.63) is 58.1 Å². The fraction of sp³-hybridized carbons (Fsp3) is 0.200. The lowest BCUT2D eigenvalue weighted by molar-refractivity contribution is 0.867. The molecule has 0 saturated carbocycles. The molecule has 0 saturated heterocycles. The molecule has 0 aliphatic carbocycles. The Morgan fingerprint density at radius 2 is 1.29 bits per heavy atom. The first kappa shape index (κ1) is 12.5. The van der Waals surface area contributed by atoms with Crippen molar-refractivity contribution in [2.75, 3.05) is 0 Å². The van der Waals surface area contributed by atoms with Crippen molar-refractivity contribution in [3.63, 3.8) is 0 Å². The molecule has 0 aromatic heterocycles. The number of rotatable bonds is 2. The summed E-state index contributed by atoms with van der Waals surface area (Å²) in [6, 6.07) is 14.1. The van der Waals surface area contributed by atoms with Gasteiger partial charge in [0.2, 0.25) is 0 Å². The van der Waals surface area contributed by atoms with Crippen LogP contribution in [0.2, 0.25) is 10.0 Å². The SMILES string of the molecule is CC(C)c1ccc(-c2cc(Cl)cc(Cl)c2)cc1. The quantitative estimate of drug-likeness (QED) is 0.645. The number of benzene rings is 2. The Morgan fingerprint density at radius 3 is 1.76 bits per heavy atom. The van der Waals surface area contributed by atoms with E-state index in [9.17, 15) is 0 Å². The van der Waals surface area contributed by atoms with E-state index < -0.39 is 0 Å². The largest absolute Gasteiger partial charge is 0.0843 e. The highest BCUT2D eigenvalue weighted by Crippen LogP contribution is 2.28. The molecule has 0 fully saturated rings. The second-order valence-corrected chi connectivity index (χ2v) is 5.31. The highest BCUT2D eigenvalue weighted by atomic mass is 35.5. The second kappa shape index (κ2) is 5.12. The molecule has 0 radical (unpaired) electrons. The minimum atomic E-state index is 0.548. The van der Waals surface area contributed by atoms with Gasteiger partial charge in [-0.1, -0.05) is 61.3 Å². The molecule has 0 atom stereocenters. The number of hydrogen-bond acceptors (Lipinski definition) is 0. The molecule has 0 amide bonds. The first-order valence-corrected chi connectivity index (χ1v) is 6.38. The Bertz CT molecular complexity index is 493. The fourth-order valence-corrected chi connectivity index (χ4v) is 2.31. The summed E-state index contributed by atoms with van der Waals surface area (Å²) in [6.45, 7) is 4.37. The first-order chi connectivity index (χ1) is 8.06. The Hall–Kier alpha value is -0.980. The molecule has 2 aromatic carbocycles. The molecule has 0 aliphatic heterocycles. The van der Waals surface area contributed by atoms with Gasteiger partial charge < -0.3 is 0 Å². The molecule has 0 N–H and O–H groups in total. The van der Waals surface area contributed by atoms with E-state index in [0.29, 0.717) is 16.0 Å². The number of halogens is 2. The van der Waals surface area contributed by atoms with Crippen molar-refractivity contribution < 1.29 is 0 Å².